The standard InChI is InChI=1S/C15H18FN3O/c1-3-12-13(9-17)15(19-18-14(12)4-2)20-11-7-5-6-10(16)8-11/h5-8H,3-4,9,17H2,1-2H3. The third kappa shape index (κ3) is 2.93. The predicted molar refractivity (Wildman–Crippen MR) is 75.2 cm³/mol. The van der Waals surface area contributed by atoms with Gasteiger partial charge in [0.15, 0.2) is 0 Å². The molecule has 0 fully saturated rings. The Kier molecular flexibility index (Phi) is 4.63. The van der Waals surface area contributed by atoms with Crippen LogP contribution in [0, 0.1) is 5.82 Å². The Morgan fingerprint density at radius 2 is 1.95 bits per heavy atom. The minimum absolute atomic E-state index is 0.316. The van der Waals surface area contributed by atoms with E-state index in [4.69, 9.17) is 10.5 Å². The van der Waals surface area contributed by atoms with Crippen LogP contribution in [0.3, 0.4) is 0 Å². The fraction of sp³-hybridized carbons (Fsp3) is 0.333. The summed E-state index contributed by atoms with van der Waals surface area (Å²) in [7, 11) is 0. The molecule has 5 heteroatoms. The largest absolute Gasteiger partial charge is 0.437 e. The maximum atomic E-state index is 13.2. The van der Waals surface area contributed by atoms with Gasteiger partial charge in [-0.3, -0.25) is 0 Å². The first-order valence-electron chi connectivity index (χ1n) is 6.70. The number of nitrogens with two attached hydrogens (primary N) is 1. The molecule has 1 heterocycles. The molecular formula is C15H18FN3O. The third-order valence-electron chi connectivity index (χ3n) is 3.14. The molecule has 2 rings (SSSR count). The minimum Gasteiger partial charge on any atom is -0.437 e. The summed E-state index contributed by atoms with van der Waals surface area (Å²) in [5.74, 6) is 0.387. The van der Waals surface area contributed by atoms with Gasteiger partial charge in [-0.25, -0.2) is 4.39 Å². The van der Waals surface area contributed by atoms with Gasteiger partial charge in [-0.2, -0.15) is 5.10 Å². The summed E-state index contributed by atoms with van der Waals surface area (Å²) < 4.78 is 18.8. The van der Waals surface area contributed by atoms with Crippen LogP contribution in [0.5, 0.6) is 11.6 Å². The third-order valence-corrected chi connectivity index (χ3v) is 3.14. The second-order valence-corrected chi connectivity index (χ2v) is 4.38. The highest BCUT2D eigenvalue weighted by Gasteiger charge is 2.15. The van der Waals surface area contributed by atoms with E-state index in [1.165, 1.54) is 12.1 Å². The molecule has 0 aliphatic carbocycles. The Morgan fingerprint density at radius 1 is 1.15 bits per heavy atom. The lowest BCUT2D eigenvalue weighted by molar-refractivity contribution is 0.441. The molecule has 106 valence electrons. The zero-order valence-electron chi connectivity index (χ0n) is 11.7. The molecule has 4 nitrogen and oxygen atoms in total. The highest BCUT2D eigenvalue weighted by molar-refractivity contribution is 5.39. The van der Waals surface area contributed by atoms with Crippen LogP contribution in [-0.4, -0.2) is 10.2 Å². The second-order valence-electron chi connectivity index (χ2n) is 4.38. The van der Waals surface area contributed by atoms with Crippen molar-refractivity contribution in [3.8, 4) is 11.6 Å². The summed E-state index contributed by atoms with van der Waals surface area (Å²) in [6.07, 6.45) is 1.61. The molecule has 1 aromatic heterocycles. The van der Waals surface area contributed by atoms with Crippen molar-refractivity contribution >= 4 is 0 Å². The topological polar surface area (TPSA) is 61.0 Å². The van der Waals surface area contributed by atoms with Crippen molar-refractivity contribution in [2.75, 3.05) is 0 Å². The SMILES string of the molecule is CCc1nnc(Oc2cccc(F)c2)c(CN)c1CC. The molecule has 0 aliphatic heterocycles. The van der Waals surface area contributed by atoms with Crippen LogP contribution in [0.1, 0.15) is 30.7 Å². The number of halogens is 1. The quantitative estimate of drug-likeness (QED) is 0.911. The van der Waals surface area contributed by atoms with E-state index < -0.39 is 0 Å². The van der Waals surface area contributed by atoms with E-state index in [-0.39, 0.29) is 5.82 Å². The van der Waals surface area contributed by atoms with Gasteiger partial charge in [0.2, 0.25) is 5.88 Å². The van der Waals surface area contributed by atoms with Crippen LogP contribution in [0.4, 0.5) is 4.39 Å². The number of aromatic nitrogens is 2. The molecule has 0 saturated carbocycles. The highest BCUT2D eigenvalue weighted by atomic mass is 19.1. The van der Waals surface area contributed by atoms with Crippen molar-refractivity contribution in [2.45, 2.75) is 33.2 Å². The fourth-order valence-corrected chi connectivity index (χ4v) is 2.17. The monoisotopic (exact) mass is 275 g/mol. The van der Waals surface area contributed by atoms with Gasteiger partial charge in [-0.15, -0.1) is 5.10 Å². The van der Waals surface area contributed by atoms with Crippen molar-refractivity contribution < 1.29 is 9.13 Å². The van der Waals surface area contributed by atoms with Crippen LogP contribution in [-0.2, 0) is 19.4 Å². The summed E-state index contributed by atoms with van der Waals surface area (Å²) in [6, 6.07) is 5.92. The lowest BCUT2D eigenvalue weighted by Gasteiger charge is -2.14. The summed E-state index contributed by atoms with van der Waals surface area (Å²) in [5, 5.41) is 8.25. The van der Waals surface area contributed by atoms with Crippen LogP contribution in [0.25, 0.3) is 0 Å². The van der Waals surface area contributed by atoms with Gasteiger partial charge in [0, 0.05) is 18.2 Å². The molecule has 0 amide bonds. The Hall–Kier alpha value is -2.01. The van der Waals surface area contributed by atoms with E-state index >= 15 is 0 Å². The average Bonchev–Trinajstić information content (AvgIpc) is 2.46. The van der Waals surface area contributed by atoms with Gasteiger partial charge in [0.25, 0.3) is 0 Å². The average molecular weight is 275 g/mol. The van der Waals surface area contributed by atoms with Crippen molar-refractivity contribution in [2.24, 2.45) is 5.73 Å². The Bertz CT molecular complexity index is 602. The summed E-state index contributed by atoms with van der Waals surface area (Å²) in [4.78, 5) is 0. The Balaban J connectivity index is 2.41. The van der Waals surface area contributed by atoms with E-state index in [0.717, 1.165) is 29.7 Å². The number of nitrogens with zero attached hydrogens (tertiary/aromatic N) is 2. The first kappa shape index (κ1) is 14.4. The number of ether oxygens (including phenoxy) is 1. The van der Waals surface area contributed by atoms with Crippen molar-refractivity contribution in [1.29, 1.82) is 0 Å². The molecule has 20 heavy (non-hydrogen) atoms. The van der Waals surface area contributed by atoms with Gasteiger partial charge in [-0.1, -0.05) is 19.9 Å². The Labute approximate surface area is 117 Å². The second kappa shape index (κ2) is 6.43. The van der Waals surface area contributed by atoms with Crippen molar-refractivity contribution in [3.05, 3.63) is 46.9 Å². The molecule has 0 aliphatic rings. The van der Waals surface area contributed by atoms with Crippen LogP contribution < -0.4 is 10.5 Å². The van der Waals surface area contributed by atoms with Gasteiger partial charge in [0.05, 0.1) is 5.69 Å². The summed E-state index contributed by atoms with van der Waals surface area (Å²) >= 11 is 0. The van der Waals surface area contributed by atoms with Gasteiger partial charge in [0.1, 0.15) is 11.6 Å². The maximum Gasteiger partial charge on any atom is 0.243 e. The lowest BCUT2D eigenvalue weighted by atomic mass is 10.0. The highest BCUT2D eigenvalue weighted by Crippen LogP contribution is 2.27. The summed E-state index contributed by atoms with van der Waals surface area (Å²) in [6.45, 7) is 4.38. The molecular weight excluding hydrogens is 257 g/mol. The van der Waals surface area contributed by atoms with Gasteiger partial charge < -0.3 is 10.5 Å². The van der Waals surface area contributed by atoms with Gasteiger partial charge >= 0.3 is 0 Å². The number of hydrogen-bond donors (Lipinski definition) is 1. The predicted octanol–water partition coefficient (Wildman–Crippen LogP) is 2.99. The molecule has 1 aromatic carbocycles. The molecule has 2 N–H and O–H groups in total. The molecule has 0 bridgehead atoms. The first-order chi connectivity index (χ1) is 9.69. The zero-order valence-corrected chi connectivity index (χ0v) is 11.7. The molecule has 2 aromatic rings. The lowest BCUT2D eigenvalue weighted by Crippen LogP contribution is -2.10. The fourth-order valence-electron chi connectivity index (χ4n) is 2.17. The van der Waals surface area contributed by atoms with E-state index in [2.05, 4.69) is 10.2 Å². The normalized spacial score (nSPS) is 10.6. The van der Waals surface area contributed by atoms with E-state index in [0.29, 0.717) is 18.2 Å². The van der Waals surface area contributed by atoms with Gasteiger partial charge in [-0.05, 0) is 30.5 Å². The van der Waals surface area contributed by atoms with E-state index in [1.54, 1.807) is 12.1 Å². The van der Waals surface area contributed by atoms with Crippen LogP contribution in [0.15, 0.2) is 24.3 Å². The minimum atomic E-state index is -0.356. The molecule has 0 spiro atoms. The van der Waals surface area contributed by atoms with Crippen LogP contribution in [0.2, 0.25) is 0 Å². The number of rotatable bonds is 5. The molecule has 0 saturated heterocycles. The number of benzene rings is 1. The first-order valence-corrected chi connectivity index (χ1v) is 6.70. The van der Waals surface area contributed by atoms with E-state index in [9.17, 15) is 4.39 Å². The zero-order chi connectivity index (χ0) is 14.5. The summed E-state index contributed by atoms with van der Waals surface area (Å²) in [5.41, 5.74) is 8.65. The van der Waals surface area contributed by atoms with E-state index in [1.807, 2.05) is 13.8 Å². The Morgan fingerprint density at radius 3 is 2.55 bits per heavy atom. The van der Waals surface area contributed by atoms with Crippen molar-refractivity contribution in [3.63, 3.8) is 0 Å². The smallest absolute Gasteiger partial charge is 0.243 e. The molecule has 0 radical (unpaired) electrons. The number of hydrogen-bond acceptors (Lipinski definition) is 4. The number of aryl methyl sites for hydroxylation is 1. The van der Waals surface area contributed by atoms with Crippen LogP contribution >= 0.6 is 0 Å². The maximum absolute atomic E-state index is 13.2. The molecule has 0 atom stereocenters. The van der Waals surface area contributed by atoms with Crippen molar-refractivity contribution in [1.82, 2.24) is 10.2 Å². The molecule has 0 unspecified atom stereocenters.